The number of aromatic nitrogens is 1. The fourth-order valence-corrected chi connectivity index (χ4v) is 3.04. The quantitative estimate of drug-likeness (QED) is 0.816. The van der Waals surface area contributed by atoms with E-state index in [1.807, 2.05) is 12.1 Å². The molecule has 1 aliphatic rings. The summed E-state index contributed by atoms with van der Waals surface area (Å²) in [5.41, 5.74) is 1.27. The van der Waals surface area contributed by atoms with Crippen molar-refractivity contribution in [1.29, 1.82) is 0 Å². The first-order chi connectivity index (χ1) is 12.6. The second kappa shape index (κ2) is 8.67. The minimum absolute atomic E-state index is 0.108. The lowest BCUT2D eigenvalue weighted by atomic mass is 10.2. The molecule has 136 valence electrons. The number of carbonyl (C=O) groups is 2. The molecule has 1 aromatic carbocycles. The number of rotatable bonds is 6. The van der Waals surface area contributed by atoms with E-state index >= 15 is 0 Å². The van der Waals surface area contributed by atoms with Gasteiger partial charge in [-0.1, -0.05) is 29.8 Å². The van der Waals surface area contributed by atoms with E-state index in [9.17, 15) is 9.59 Å². The highest BCUT2D eigenvalue weighted by atomic mass is 35.5. The Morgan fingerprint density at radius 3 is 2.54 bits per heavy atom. The van der Waals surface area contributed by atoms with Gasteiger partial charge < -0.3 is 15.5 Å². The van der Waals surface area contributed by atoms with E-state index in [0.717, 1.165) is 24.5 Å². The van der Waals surface area contributed by atoms with Crippen molar-refractivity contribution in [3.63, 3.8) is 0 Å². The zero-order chi connectivity index (χ0) is 18.4. The zero-order valence-electron chi connectivity index (χ0n) is 14.4. The molecular weight excluding hydrogens is 352 g/mol. The van der Waals surface area contributed by atoms with Gasteiger partial charge in [-0.3, -0.25) is 9.59 Å². The molecule has 7 heteroatoms. The van der Waals surface area contributed by atoms with Crippen molar-refractivity contribution >= 4 is 29.2 Å². The number of amides is 2. The van der Waals surface area contributed by atoms with E-state index in [1.165, 1.54) is 12.8 Å². The van der Waals surface area contributed by atoms with E-state index in [0.29, 0.717) is 17.1 Å². The van der Waals surface area contributed by atoms with Gasteiger partial charge in [-0.05, 0) is 36.6 Å². The Labute approximate surface area is 157 Å². The average molecular weight is 373 g/mol. The Bertz CT molecular complexity index is 773. The maximum absolute atomic E-state index is 12.0. The fourth-order valence-electron chi connectivity index (χ4n) is 2.82. The monoisotopic (exact) mass is 372 g/mol. The third-order valence-electron chi connectivity index (χ3n) is 4.26. The summed E-state index contributed by atoms with van der Waals surface area (Å²) in [6.07, 6.45) is 4.19. The Hall–Kier alpha value is -2.60. The zero-order valence-corrected chi connectivity index (χ0v) is 15.1. The molecule has 26 heavy (non-hydrogen) atoms. The van der Waals surface area contributed by atoms with Gasteiger partial charge in [-0.15, -0.1) is 0 Å². The van der Waals surface area contributed by atoms with Crippen molar-refractivity contribution < 1.29 is 9.59 Å². The molecule has 0 saturated carbocycles. The predicted octanol–water partition coefficient (Wildman–Crippen LogP) is 2.38. The number of nitrogens with one attached hydrogen (secondary N) is 2. The van der Waals surface area contributed by atoms with Crippen LogP contribution in [0.5, 0.6) is 0 Å². The lowest BCUT2D eigenvalue weighted by molar-refractivity contribution is -0.120. The van der Waals surface area contributed by atoms with Gasteiger partial charge in [0.2, 0.25) is 5.91 Å². The molecule has 1 saturated heterocycles. The molecule has 2 N–H and O–H groups in total. The first-order valence-electron chi connectivity index (χ1n) is 8.63. The molecule has 6 nitrogen and oxygen atoms in total. The third-order valence-corrected chi connectivity index (χ3v) is 4.59. The van der Waals surface area contributed by atoms with Crippen molar-refractivity contribution in [1.82, 2.24) is 15.6 Å². The van der Waals surface area contributed by atoms with Crippen LogP contribution in [0.4, 0.5) is 5.82 Å². The summed E-state index contributed by atoms with van der Waals surface area (Å²) in [7, 11) is 0. The maximum atomic E-state index is 12.0. The van der Waals surface area contributed by atoms with Gasteiger partial charge in [0.25, 0.3) is 5.91 Å². The second-order valence-corrected chi connectivity index (χ2v) is 6.57. The summed E-state index contributed by atoms with van der Waals surface area (Å²) in [5.74, 6) is 0.334. The molecule has 0 bridgehead atoms. The van der Waals surface area contributed by atoms with Crippen molar-refractivity contribution in [2.75, 3.05) is 24.5 Å². The van der Waals surface area contributed by atoms with Crippen molar-refractivity contribution in [3.8, 4) is 0 Å². The summed E-state index contributed by atoms with van der Waals surface area (Å²) in [6.45, 7) is 2.36. The van der Waals surface area contributed by atoms with E-state index < -0.39 is 0 Å². The van der Waals surface area contributed by atoms with E-state index in [2.05, 4.69) is 20.5 Å². The van der Waals surface area contributed by atoms with Gasteiger partial charge in [-0.25, -0.2) is 4.98 Å². The Morgan fingerprint density at radius 1 is 1.08 bits per heavy atom. The second-order valence-electron chi connectivity index (χ2n) is 6.16. The van der Waals surface area contributed by atoms with Crippen LogP contribution in [0.1, 0.15) is 28.8 Å². The number of carbonyl (C=O) groups excluding carboxylic acids is 2. The molecule has 1 aromatic heterocycles. The summed E-state index contributed by atoms with van der Waals surface area (Å²) in [6, 6.07) is 10.7. The Balaban J connectivity index is 1.44. The lowest BCUT2D eigenvalue weighted by Gasteiger charge is -2.16. The van der Waals surface area contributed by atoms with Gasteiger partial charge in [-0.2, -0.15) is 0 Å². The number of hydrogen-bond acceptors (Lipinski definition) is 4. The summed E-state index contributed by atoms with van der Waals surface area (Å²) < 4.78 is 0. The van der Waals surface area contributed by atoms with E-state index in [-0.39, 0.29) is 18.4 Å². The predicted molar refractivity (Wildman–Crippen MR) is 101 cm³/mol. The maximum Gasteiger partial charge on any atom is 0.253 e. The number of halogens is 1. The fraction of sp³-hybridized carbons (Fsp3) is 0.316. The number of nitrogens with zero attached hydrogens (tertiary/aromatic N) is 2. The Kier molecular flexibility index (Phi) is 6.07. The SMILES string of the molecule is O=C(CNC(=O)c1ccccc1Cl)NCc1ccc(N2CCCC2)nc1. The number of benzene rings is 1. The minimum Gasteiger partial charge on any atom is -0.357 e. The third kappa shape index (κ3) is 4.73. The molecule has 0 unspecified atom stereocenters. The standard InChI is InChI=1S/C19H21ClN4O2/c20-16-6-2-1-5-15(16)19(26)23-13-18(25)22-12-14-7-8-17(21-11-14)24-9-3-4-10-24/h1-2,5-8,11H,3-4,9-10,12-13H2,(H,22,25)(H,23,26). The van der Waals surface area contributed by atoms with Crippen LogP contribution >= 0.6 is 11.6 Å². The van der Waals surface area contributed by atoms with Crippen LogP contribution in [0, 0.1) is 0 Å². The molecule has 2 amide bonds. The topological polar surface area (TPSA) is 74.3 Å². The molecule has 2 heterocycles. The highest BCUT2D eigenvalue weighted by molar-refractivity contribution is 6.33. The van der Waals surface area contributed by atoms with Crippen LogP contribution < -0.4 is 15.5 Å². The number of anilines is 1. The molecular formula is C19H21ClN4O2. The van der Waals surface area contributed by atoms with Gasteiger partial charge in [0.05, 0.1) is 17.1 Å². The van der Waals surface area contributed by atoms with Crippen LogP contribution in [0.3, 0.4) is 0 Å². The van der Waals surface area contributed by atoms with Gasteiger partial charge in [0.15, 0.2) is 0 Å². The normalized spacial score (nSPS) is 13.5. The summed E-state index contributed by atoms with van der Waals surface area (Å²) >= 11 is 5.96. The molecule has 1 aliphatic heterocycles. The molecule has 1 fully saturated rings. The van der Waals surface area contributed by atoms with Crippen LogP contribution in [0.25, 0.3) is 0 Å². The van der Waals surface area contributed by atoms with Gasteiger partial charge >= 0.3 is 0 Å². The largest absolute Gasteiger partial charge is 0.357 e. The molecule has 0 aliphatic carbocycles. The van der Waals surface area contributed by atoms with Crippen LogP contribution in [0.15, 0.2) is 42.6 Å². The summed E-state index contributed by atoms with van der Waals surface area (Å²) in [5, 5.41) is 5.69. The average Bonchev–Trinajstić information content (AvgIpc) is 3.20. The molecule has 2 aromatic rings. The van der Waals surface area contributed by atoms with Crippen molar-refractivity contribution in [2.45, 2.75) is 19.4 Å². The number of hydrogen-bond donors (Lipinski definition) is 2. The minimum atomic E-state index is -0.373. The molecule has 0 radical (unpaired) electrons. The van der Waals surface area contributed by atoms with E-state index in [1.54, 1.807) is 30.5 Å². The lowest BCUT2D eigenvalue weighted by Crippen LogP contribution is -2.36. The van der Waals surface area contributed by atoms with Crippen LogP contribution in [0.2, 0.25) is 5.02 Å². The van der Waals surface area contributed by atoms with E-state index in [4.69, 9.17) is 11.6 Å². The number of pyridine rings is 1. The van der Waals surface area contributed by atoms with Gasteiger partial charge in [0, 0.05) is 25.8 Å². The Morgan fingerprint density at radius 2 is 1.85 bits per heavy atom. The van der Waals surface area contributed by atoms with Crippen molar-refractivity contribution in [3.05, 3.63) is 58.7 Å². The highest BCUT2D eigenvalue weighted by Gasteiger charge is 2.13. The van der Waals surface area contributed by atoms with Gasteiger partial charge in [0.1, 0.15) is 5.82 Å². The van der Waals surface area contributed by atoms with Crippen LogP contribution in [-0.2, 0) is 11.3 Å². The molecule has 3 rings (SSSR count). The smallest absolute Gasteiger partial charge is 0.253 e. The summed E-state index contributed by atoms with van der Waals surface area (Å²) in [4.78, 5) is 30.7. The first kappa shape index (κ1) is 18.2. The first-order valence-corrected chi connectivity index (χ1v) is 9.00. The van der Waals surface area contributed by atoms with Crippen LogP contribution in [-0.4, -0.2) is 36.4 Å². The highest BCUT2D eigenvalue weighted by Crippen LogP contribution is 2.17. The molecule has 0 spiro atoms. The van der Waals surface area contributed by atoms with Crippen molar-refractivity contribution in [2.24, 2.45) is 0 Å². The molecule has 0 atom stereocenters.